The Morgan fingerprint density at radius 1 is 1.04 bits per heavy atom. The SMILES string of the molecule is CC=C(C)c1ccc2c(c1)c1cc(C(C)=O)ccc1n2CCNC1CCCC1. The van der Waals surface area contributed by atoms with E-state index in [1.807, 2.05) is 6.07 Å². The van der Waals surface area contributed by atoms with E-state index < -0.39 is 0 Å². The predicted molar refractivity (Wildman–Crippen MR) is 119 cm³/mol. The summed E-state index contributed by atoms with van der Waals surface area (Å²) >= 11 is 0. The van der Waals surface area contributed by atoms with Crippen molar-refractivity contribution in [3.63, 3.8) is 0 Å². The van der Waals surface area contributed by atoms with Gasteiger partial charge in [0, 0.05) is 46.5 Å². The number of ketones is 1. The van der Waals surface area contributed by atoms with Crippen molar-refractivity contribution in [2.45, 2.75) is 59.0 Å². The Hall–Kier alpha value is -2.39. The Labute approximate surface area is 167 Å². The number of benzene rings is 2. The summed E-state index contributed by atoms with van der Waals surface area (Å²) in [6, 6.07) is 13.5. The van der Waals surface area contributed by atoms with Gasteiger partial charge in [-0.3, -0.25) is 4.79 Å². The molecular formula is C25H30N2O. The van der Waals surface area contributed by atoms with Crippen molar-refractivity contribution in [3.8, 4) is 0 Å². The maximum Gasteiger partial charge on any atom is 0.159 e. The maximum atomic E-state index is 11.9. The molecule has 1 aliphatic rings. The van der Waals surface area contributed by atoms with Crippen molar-refractivity contribution >= 4 is 33.2 Å². The van der Waals surface area contributed by atoms with E-state index in [9.17, 15) is 4.79 Å². The van der Waals surface area contributed by atoms with Crippen LogP contribution in [0.1, 0.15) is 62.4 Å². The van der Waals surface area contributed by atoms with Crippen molar-refractivity contribution in [3.05, 3.63) is 53.6 Å². The molecule has 4 rings (SSSR count). The third kappa shape index (κ3) is 3.51. The molecule has 0 radical (unpaired) electrons. The highest BCUT2D eigenvalue weighted by atomic mass is 16.1. The monoisotopic (exact) mass is 374 g/mol. The number of aromatic nitrogens is 1. The molecule has 1 fully saturated rings. The van der Waals surface area contributed by atoms with E-state index in [4.69, 9.17) is 0 Å². The normalized spacial score (nSPS) is 15.8. The van der Waals surface area contributed by atoms with Crippen LogP contribution in [0.4, 0.5) is 0 Å². The smallest absolute Gasteiger partial charge is 0.159 e. The molecule has 0 atom stereocenters. The first-order valence-corrected chi connectivity index (χ1v) is 10.5. The lowest BCUT2D eigenvalue weighted by molar-refractivity contribution is 0.101. The fourth-order valence-corrected chi connectivity index (χ4v) is 4.49. The Morgan fingerprint density at radius 2 is 1.64 bits per heavy atom. The summed E-state index contributed by atoms with van der Waals surface area (Å²) in [6.45, 7) is 7.78. The summed E-state index contributed by atoms with van der Waals surface area (Å²) in [5.74, 6) is 0.117. The zero-order valence-electron chi connectivity index (χ0n) is 17.2. The number of hydrogen-bond donors (Lipinski definition) is 1. The number of carbonyl (C=O) groups is 1. The van der Waals surface area contributed by atoms with Crippen molar-refractivity contribution in [1.29, 1.82) is 0 Å². The van der Waals surface area contributed by atoms with Crippen LogP contribution in [0.2, 0.25) is 0 Å². The Balaban J connectivity index is 1.78. The third-order valence-corrected chi connectivity index (χ3v) is 6.28. The maximum absolute atomic E-state index is 11.9. The summed E-state index contributed by atoms with van der Waals surface area (Å²) in [5, 5.41) is 6.14. The van der Waals surface area contributed by atoms with Gasteiger partial charge in [0.15, 0.2) is 5.78 Å². The van der Waals surface area contributed by atoms with Gasteiger partial charge in [-0.25, -0.2) is 0 Å². The second kappa shape index (κ2) is 7.92. The number of allylic oxidation sites excluding steroid dienone is 2. The third-order valence-electron chi connectivity index (χ3n) is 6.28. The van der Waals surface area contributed by atoms with Gasteiger partial charge in [-0.15, -0.1) is 0 Å². The average Bonchev–Trinajstić information content (AvgIpc) is 3.33. The molecule has 146 valence electrons. The second-order valence-electron chi connectivity index (χ2n) is 8.08. The molecule has 0 spiro atoms. The largest absolute Gasteiger partial charge is 0.339 e. The molecule has 1 aliphatic carbocycles. The van der Waals surface area contributed by atoms with E-state index >= 15 is 0 Å². The number of hydrogen-bond acceptors (Lipinski definition) is 2. The van der Waals surface area contributed by atoms with Gasteiger partial charge in [-0.05, 0) is 75.1 Å². The summed E-state index contributed by atoms with van der Waals surface area (Å²) in [7, 11) is 0. The average molecular weight is 375 g/mol. The van der Waals surface area contributed by atoms with Gasteiger partial charge in [0.2, 0.25) is 0 Å². The Morgan fingerprint density at radius 3 is 2.25 bits per heavy atom. The number of rotatable bonds is 6. The lowest BCUT2D eigenvalue weighted by Gasteiger charge is -2.13. The summed E-state index contributed by atoms with van der Waals surface area (Å²) in [5.41, 5.74) is 5.75. The standard InChI is InChI=1S/C25H30N2O/c1-4-17(2)19-9-11-24-22(15-19)23-16-20(18(3)28)10-12-25(23)27(24)14-13-26-21-7-5-6-8-21/h4,9-12,15-16,21,26H,5-8,13-14H2,1-3H3. The van der Waals surface area contributed by atoms with Crippen LogP contribution < -0.4 is 5.32 Å². The lowest BCUT2D eigenvalue weighted by Crippen LogP contribution is -2.29. The van der Waals surface area contributed by atoms with Gasteiger partial charge in [0.1, 0.15) is 0 Å². The molecule has 1 heterocycles. The van der Waals surface area contributed by atoms with Gasteiger partial charge in [-0.1, -0.05) is 25.0 Å². The van der Waals surface area contributed by atoms with Gasteiger partial charge in [0.05, 0.1) is 0 Å². The van der Waals surface area contributed by atoms with E-state index in [1.54, 1.807) is 6.92 Å². The minimum atomic E-state index is 0.117. The van der Waals surface area contributed by atoms with E-state index in [0.29, 0.717) is 6.04 Å². The van der Waals surface area contributed by atoms with E-state index in [1.165, 1.54) is 58.6 Å². The number of nitrogens with zero attached hydrogens (tertiary/aromatic N) is 1. The number of carbonyl (C=O) groups excluding carboxylic acids is 1. The van der Waals surface area contributed by atoms with Gasteiger partial charge in [-0.2, -0.15) is 0 Å². The minimum absolute atomic E-state index is 0.117. The minimum Gasteiger partial charge on any atom is -0.339 e. The molecule has 28 heavy (non-hydrogen) atoms. The predicted octanol–water partition coefficient (Wildman–Crippen LogP) is 5.95. The van der Waals surface area contributed by atoms with Crippen LogP contribution in [0.25, 0.3) is 27.4 Å². The van der Waals surface area contributed by atoms with Crippen LogP contribution in [-0.2, 0) is 6.54 Å². The van der Waals surface area contributed by atoms with E-state index in [2.05, 4.69) is 60.1 Å². The molecule has 1 aromatic heterocycles. The summed E-state index contributed by atoms with van der Waals surface area (Å²) in [4.78, 5) is 11.9. The van der Waals surface area contributed by atoms with Crippen LogP contribution in [0.15, 0.2) is 42.5 Å². The van der Waals surface area contributed by atoms with Crippen LogP contribution in [0.3, 0.4) is 0 Å². The highest BCUT2D eigenvalue weighted by Crippen LogP contribution is 2.32. The molecule has 2 aromatic carbocycles. The molecule has 0 unspecified atom stereocenters. The zero-order chi connectivity index (χ0) is 19.7. The first-order valence-electron chi connectivity index (χ1n) is 10.5. The summed E-state index contributed by atoms with van der Waals surface area (Å²) in [6.07, 6.45) is 7.47. The number of nitrogens with one attached hydrogen (secondary N) is 1. The lowest BCUT2D eigenvalue weighted by atomic mass is 10.0. The molecule has 0 aliphatic heterocycles. The Bertz CT molecular complexity index is 1050. The highest BCUT2D eigenvalue weighted by molar-refractivity contribution is 6.11. The van der Waals surface area contributed by atoms with Crippen molar-refractivity contribution < 1.29 is 4.79 Å². The van der Waals surface area contributed by atoms with Crippen LogP contribution in [0.5, 0.6) is 0 Å². The quantitative estimate of drug-likeness (QED) is 0.541. The molecule has 3 aromatic rings. The summed E-state index contributed by atoms with van der Waals surface area (Å²) < 4.78 is 2.41. The molecule has 1 N–H and O–H groups in total. The topological polar surface area (TPSA) is 34.0 Å². The van der Waals surface area contributed by atoms with E-state index in [-0.39, 0.29) is 5.78 Å². The van der Waals surface area contributed by atoms with Crippen LogP contribution in [0, 0.1) is 0 Å². The number of Topliss-reactive ketones (excluding diaryl/α,β-unsaturated/α-hetero) is 1. The van der Waals surface area contributed by atoms with Gasteiger partial charge >= 0.3 is 0 Å². The highest BCUT2D eigenvalue weighted by Gasteiger charge is 2.16. The molecule has 1 saturated carbocycles. The zero-order valence-corrected chi connectivity index (χ0v) is 17.2. The molecule has 0 saturated heterocycles. The first kappa shape index (κ1) is 18.9. The molecular weight excluding hydrogens is 344 g/mol. The van der Waals surface area contributed by atoms with Crippen molar-refractivity contribution in [2.24, 2.45) is 0 Å². The van der Waals surface area contributed by atoms with Gasteiger partial charge in [0.25, 0.3) is 0 Å². The first-order chi connectivity index (χ1) is 13.6. The fraction of sp³-hybridized carbons (Fsp3) is 0.400. The second-order valence-corrected chi connectivity index (χ2v) is 8.08. The molecule has 0 bridgehead atoms. The van der Waals surface area contributed by atoms with E-state index in [0.717, 1.165) is 18.7 Å². The molecule has 3 nitrogen and oxygen atoms in total. The fourth-order valence-electron chi connectivity index (χ4n) is 4.49. The number of fused-ring (bicyclic) bond motifs is 3. The van der Waals surface area contributed by atoms with Crippen molar-refractivity contribution in [1.82, 2.24) is 9.88 Å². The Kier molecular flexibility index (Phi) is 5.36. The van der Waals surface area contributed by atoms with Crippen LogP contribution >= 0.6 is 0 Å². The van der Waals surface area contributed by atoms with Gasteiger partial charge < -0.3 is 9.88 Å². The molecule has 3 heteroatoms. The van der Waals surface area contributed by atoms with Crippen LogP contribution in [-0.4, -0.2) is 22.9 Å². The van der Waals surface area contributed by atoms with Crippen molar-refractivity contribution in [2.75, 3.05) is 6.54 Å². The molecule has 0 amide bonds.